The lowest BCUT2D eigenvalue weighted by Crippen LogP contribution is -2.26. The number of nitrogens with one attached hydrogen (secondary N) is 1. The van der Waals surface area contributed by atoms with Crippen LogP contribution in [0.4, 0.5) is 0 Å². The SMILES string of the molecule is CC1CC=C(c2ccccc2)C=C1C(=N)C1=C(N=Cn2c3ccccc3c3cc4ccccc4cc32)c2ccccc2C1(C)C. The van der Waals surface area contributed by atoms with Crippen LogP contribution in [0.25, 0.3) is 43.8 Å². The number of allylic oxidation sites excluding steroid dienone is 5. The molecule has 0 spiro atoms. The van der Waals surface area contributed by atoms with Gasteiger partial charge in [0, 0.05) is 27.3 Å². The van der Waals surface area contributed by atoms with Crippen LogP contribution in [-0.2, 0) is 5.41 Å². The fourth-order valence-corrected chi connectivity index (χ4v) is 7.38. The number of nitrogens with zero attached hydrogens (tertiary/aromatic N) is 2. The van der Waals surface area contributed by atoms with Crippen molar-refractivity contribution in [2.45, 2.75) is 32.6 Å². The first-order chi connectivity index (χ1) is 21.9. The van der Waals surface area contributed by atoms with Crippen LogP contribution in [-0.4, -0.2) is 16.6 Å². The Morgan fingerprint density at radius 2 is 1.49 bits per heavy atom. The van der Waals surface area contributed by atoms with Crippen molar-refractivity contribution in [1.29, 1.82) is 5.41 Å². The Morgan fingerprint density at radius 3 is 2.31 bits per heavy atom. The quantitative estimate of drug-likeness (QED) is 0.155. The van der Waals surface area contributed by atoms with Crippen LogP contribution in [0.2, 0.25) is 0 Å². The van der Waals surface area contributed by atoms with Crippen LogP contribution >= 0.6 is 0 Å². The van der Waals surface area contributed by atoms with Gasteiger partial charge in [0.15, 0.2) is 0 Å². The minimum atomic E-state index is -0.369. The molecule has 0 radical (unpaired) electrons. The van der Waals surface area contributed by atoms with E-state index in [9.17, 15) is 5.41 Å². The molecule has 0 saturated heterocycles. The zero-order valence-electron chi connectivity index (χ0n) is 25.9. The van der Waals surface area contributed by atoms with Crippen LogP contribution in [0.5, 0.6) is 0 Å². The molecule has 0 fully saturated rings. The molecule has 45 heavy (non-hydrogen) atoms. The first-order valence-corrected chi connectivity index (χ1v) is 15.8. The maximum Gasteiger partial charge on any atom is 0.100 e. The van der Waals surface area contributed by atoms with E-state index in [4.69, 9.17) is 4.99 Å². The van der Waals surface area contributed by atoms with E-state index < -0.39 is 0 Å². The Morgan fingerprint density at radius 1 is 0.800 bits per heavy atom. The molecule has 0 amide bonds. The number of rotatable bonds is 5. The Balaban J connectivity index is 1.32. The van der Waals surface area contributed by atoms with Crippen LogP contribution < -0.4 is 0 Å². The molecule has 0 aliphatic heterocycles. The van der Waals surface area contributed by atoms with Crippen LogP contribution in [0.3, 0.4) is 0 Å². The molecule has 1 atom stereocenters. The van der Waals surface area contributed by atoms with Gasteiger partial charge >= 0.3 is 0 Å². The van der Waals surface area contributed by atoms with Gasteiger partial charge in [-0.25, -0.2) is 4.99 Å². The Hall–Kier alpha value is -5.28. The molecule has 3 heteroatoms. The Kier molecular flexibility index (Phi) is 6.32. The highest BCUT2D eigenvalue weighted by atomic mass is 15.0. The lowest BCUT2D eigenvalue weighted by Gasteiger charge is -2.29. The second-order valence-electron chi connectivity index (χ2n) is 12.9. The summed E-state index contributed by atoms with van der Waals surface area (Å²) < 4.78 is 2.22. The monoisotopic (exact) mass is 581 g/mol. The number of benzene rings is 5. The van der Waals surface area contributed by atoms with Crippen molar-refractivity contribution in [2.75, 3.05) is 0 Å². The van der Waals surface area contributed by atoms with E-state index in [1.807, 2.05) is 6.34 Å². The van der Waals surface area contributed by atoms with Gasteiger partial charge < -0.3 is 5.41 Å². The summed E-state index contributed by atoms with van der Waals surface area (Å²) in [5.74, 6) is 0.243. The van der Waals surface area contributed by atoms with Gasteiger partial charge in [-0.3, -0.25) is 4.57 Å². The van der Waals surface area contributed by atoms with Crippen LogP contribution in [0, 0.1) is 11.3 Å². The molecule has 1 unspecified atom stereocenters. The second kappa shape index (κ2) is 10.4. The molecular weight excluding hydrogens is 546 g/mol. The summed E-state index contributed by atoms with van der Waals surface area (Å²) >= 11 is 0. The van der Waals surface area contributed by atoms with Gasteiger partial charge in [-0.1, -0.05) is 124 Å². The van der Waals surface area contributed by atoms with Crippen LogP contribution in [0.1, 0.15) is 43.9 Å². The summed E-state index contributed by atoms with van der Waals surface area (Å²) in [5.41, 5.74) is 10.1. The normalized spacial score (nSPS) is 17.7. The van der Waals surface area contributed by atoms with Gasteiger partial charge in [-0.05, 0) is 69.7 Å². The molecule has 0 saturated carbocycles. The van der Waals surface area contributed by atoms with Gasteiger partial charge in [0.2, 0.25) is 0 Å². The number of aliphatic imine (C=N–C) groups is 1. The van der Waals surface area contributed by atoms with Gasteiger partial charge in [0.1, 0.15) is 6.34 Å². The van der Waals surface area contributed by atoms with E-state index in [0.29, 0.717) is 5.71 Å². The molecule has 6 aromatic rings. The third-order valence-electron chi connectivity index (χ3n) is 9.78. The highest BCUT2D eigenvalue weighted by Crippen LogP contribution is 2.49. The summed E-state index contributed by atoms with van der Waals surface area (Å²) in [4.78, 5) is 5.32. The molecule has 2 aliphatic carbocycles. The number of fused-ring (bicyclic) bond motifs is 5. The van der Waals surface area contributed by atoms with E-state index in [1.54, 1.807) is 0 Å². The zero-order chi connectivity index (χ0) is 30.7. The van der Waals surface area contributed by atoms with Crippen molar-refractivity contribution in [3.8, 4) is 0 Å². The zero-order valence-corrected chi connectivity index (χ0v) is 25.9. The molecule has 1 N–H and O–H groups in total. The second-order valence-corrected chi connectivity index (χ2v) is 12.9. The van der Waals surface area contributed by atoms with Crippen molar-refractivity contribution in [3.05, 3.63) is 155 Å². The van der Waals surface area contributed by atoms with E-state index in [-0.39, 0.29) is 11.3 Å². The van der Waals surface area contributed by atoms with Gasteiger partial charge in [-0.15, -0.1) is 0 Å². The molecular formula is C42H35N3. The van der Waals surface area contributed by atoms with Crippen molar-refractivity contribution < 1.29 is 0 Å². The number of aromatic nitrogens is 1. The number of hydrogen-bond donors (Lipinski definition) is 1. The van der Waals surface area contributed by atoms with E-state index >= 15 is 0 Å². The molecule has 5 aromatic carbocycles. The maximum atomic E-state index is 9.80. The average Bonchev–Trinajstić information content (AvgIpc) is 3.50. The summed E-state index contributed by atoms with van der Waals surface area (Å²) in [5, 5.41) is 14.7. The van der Waals surface area contributed by atoms with E-state index in [2.05, 4.69) is 153 Å². The minimum Gasteiger partial charge on any atom is -0.300 e. The fraction of sp³-hybridized carbons (Fsp3) is 0.143. The summed E-state index contributed by atoms with van der Waals surface area (Å²) in [6, 6.07) is 40.7. The van der Waals surface area contributed by atoms with Crippen LogP contribution in [0.15, 0.2) is 144 Å². The number of hydrogen-bond acceptors (Lipinski definition) is 2. The molecule has 0 bridgehead atoms. The standard InChI is InChI=1S/C42H35N3/c1-27-21-22-31(28-13-5-4-6-14-28)23-34(27)40(43)39-41(33-18-9-11-19-36(33)42(39,2)3)44-26-45-37-20-12-10-17-32(37)35-24-29-15-7-8-16-30(29)25-38(35)45/h4-20,22-27,43H,21H2,1-3H3. The van der Waals surface area contributed by atoms with Gasteiger partial charge in [-0.2, -0.15) is 0 Å². The molecule has 218 valence electrons. The van der Waals surface area contributed by atoms with Gasteiger partial charge in [0.05, 0.1) is 22.4 Å². The fourth-order valence-electron chi connectivity index (χ4n) is 7.38. The Bertz CT molecular complexity index is 2290. The first kappa shape index (κ1) is 27.3. The highest BCUT2D eigenvalue weighted by Gasteiger charge is 2.41. The third-order valence-corrected chi connectivity index (χ3v) is 9.78. The van der Waals surface area contributed by atoms with Crippen molar-refractivity contribution in [2.24, 2.45) is 10.9 Å². The largest absolute Gasteiger partial charge is 0.300 e. The maximum absolute atomic E-state index is 9.80. The molecule has 8 rings (SSSR count). The molecule has 1 heterocycles. The van der Waals surface area contributed by atoms with E-state index in [1.165, 1.54) is 38.2 Å². The molecule has 1 aromatic heterocycles. The molecule has 2 aliphatic rings. The van der Waals surface area contributed by atoms with Crippen molar-refractivity contribution in [1.82, 2.24) is 4.57 Å². The van der Waals surface area contributed by atoms with Gasteiger partial charge in [0.25, 0.3) is 0 Å². The number of para-hydroxylation sites is 1. The smallest absolute Gasteiger partial charge is 0.100 e. The predicted octanol–water partition coefficient (Wildman–Crippen LogP) is 10.6. The lowest BCUT2D eigenvalue weighted by atomic mass is 9.74. The van der Waals surface area contributed by atoms with Crippen molar-refractivity contribution >= 4 is 55.9 Å². The first-order valence-electron chi connectivity index (χ1n) is 15.8. The lowest BCUT2D eigenvalue weighted by molar-refractivity contribution is 0.654. The predicted molar refractivity (Wildman–Crippen MR) is 191 cm³/mol. The minimum absolute atomic E-state index is 0.243. The Labute approximate surface area is 264 Å². The van der Waals surface area contributed by atoms with Crippen molar-refractivity contribution in [3.63, 3.8) is 0 Å². The topological polar surface area (TPSA) is 41.1 Å². The highest BCUT2D eigenvalue weighted by molar-refractivity contribution is 6.20. The average molecular weight is 582 g/mol. The van der Waals surface area contributed by atoms with E-state index in [0.717, 1.165) is 39.9 Å². The summed E-state index contributed by atoms with van der Waals surface area (Å²) in [6.07, 6.45) is 7.43. The summed E-state index contributed by atoms with van der Waals surface area (Å²) in [7, 11) is 0. The molecule has 3 nitrogen and oxygen atoms in total. The summed E-state index contributed by atoms with van der Waals surface area (Å²) in [6.45, 7) is 6.72. The third kappa shape index (κ3) is 4.34.